The first-order valence-corrected chi connectivity index (χ1v) is 20.6. The van der Waals surface area contributed by atoms with Crippen LogP contribution in [0.25, 0.3) is 11.1 Å². The first-order valence-electron chi connectivity index (χ1n) is 20.6. The summed E-state index contributed by atoms with van der Waals surface area (Å²) in [6.45, 7) is 4.75. The Kier molecular flexibility index (Phi) is 16.1. The average molecular weight is 859 g/mol. The fourth-order valence-electron chi connectivity index (χ4n) is 6.32. The highest BCUT2D eigenvalue weighted by Crippen LogP contribution is 2.25. The maximum atomic E-state index is 12.9. The molecule has 6 rings (SSSR count). The quantitative estimate of drug-likeness (QED) is 0.0330. The van der Waals surface area contributed by atoms with E-state index in [4.69, 9.17) is 33.7 Å². The van der Waals surface area contributed by atoms with Crippen molar-refractivity contribution in [3.8, 4) is 40.2 Å². The second-order valence-electron chi connectivity index (χ2n) is 14.7. The van der Waals surface area contributed by atoms with Gasteiger partial charge in [0.25, 0.3) is 0 Å². The number of hydrogen-bond acceptors (Lipinski definition) is 12. The Balaban J connectivity index is 0.864. The third-order valence-corrected chi connectivity index (χ3v) is 10.1. The van der Waals surface area contributed by atoms with Gasteiger partial charge in [-0.1, -0.05) is 68.4 Å². The zero-order valence-corrected chi connectivity index (χ0v) is 35.5. The second-order valence-corrected chi connectivity index (χ2v) is 14.7. The van der Waals surface area contributed by atoms with Crippen LogP contribution in [-0.2, 0) is 19.1 Å². The SMILES string of the molecule is CCC(CC(C)C(=O)OCOc1ccc(C(=O)Oc2ccc(C=NC(C)c3ccccc3)cc2)cc1)C(=O)OCOc1ccc(C(=O)Oc2ccc(-c3ccc(C#N)cc3)cc2)cc1. The monoisotopic (exact) mass is 858 g/mol. The van der Waals surface area contributed by atoms with Crippen LogP contribution in [0, 0.1) is 23.2 Å². The van der Waals surface area contributed by atoms with Gasteiger partial charge in [0.15, 0.2) is 0 Å². The molecule has 0 heterocycles. The van der Waals surface area contributed by atoms with Gasteiger partial charge in [-0.25, -0.2) is 9.59 Å². The van der Waals surface area contributed by atoms with Crippen molar-refractivity contribution in [2.75, 3.05) is 13.6 Å². The number of ether oxygens (including phenoxy) is 6. The number of hydrogen-bond donors (Lipinski definition) is 0. The maximum Gasteiger partial charge on any atom is 0.343 e. The first-order chi connectivity index (χ1) is 31.1. The molecule has 0 aliphatic rings. The van der Waals surface area contributed by atoms with Gasteiger partial charge < -0.3 is 28.4 Å². The fourth-order valence-corrected chi connectivity index (χ4v) is 6.32. The van der Waals surface area contributed by atoms with Gasteiger partial charge in [-0.05, 0) is 139 Å². The topological polar surface area (TPSA) is 160 Å². The number of carbonyl (C=O) groups excluding carboxylic acids is 4. The van der Waals surface area contributed by atoms with Crippen molar-refractivity contribution in [1.29, 1.82) is 5.26 Å². The van der Waals surface area contributed by atoms with Gasteiger partial charge in [0, 0.05) is 6.21 Å². The van der Waals surface area contributed by atoms with E-state index in [2.05, 4.69) is 11.1 Å². The van der Waals surface area contributed by atoms with Crippen LogP contribution >= 0.6 is 0 Å². The molecule has 0 aliphatic carbocycles. The van der Waals surface area contributed by atoms with Crippen molar-refractivity contribution in [1.82, 2.24) is 0 Å². The van der Waals surface area contributed by atoms with Crippen LogP contribution in [0.3, 0.4) is 0 Å². The molecule has 0 radical (unpaired) electrons. The molecule has 0 amide bonds. The summed E-state index contributed by atoms with van der Waals surface area (Å²) in [4.78, 5) is 55.7. The molecule has 0 spiro atoms. The van der Waals surface area contributed by atoms with Gasteiger partial charge in [-0.3, -0.25) is 14.6 Å². The number of benzene rings is 6. The Morgan fingerprint density at radius 3 is 1.56 bits per heavy atom. The molecular formula is C52H46N2O10. The molecule has 12 nitrogen and oxygen atoms in total. The third kappa shape index (κ3) is 13.2. The molecule has 3 unspecified atom stereocenters. The van der Waals surface area contributed by atoms with E-state index in [9.17, 15) is 19.2 Å². The summed E-state index contributed by atoms with van der Waals surface area (Å²) in [7, 11) is 0. The van der Waals surface area contributed by atoms with Crippen molar-refractivity contribution in [3.63, 3.8) is 0 Å². The summed E-state index contributed by atoms with van der Waals surface area (Å²) in [5.74, 6) is -1.91. The minimum Gasteiger partial charge on any atom is -0.457 e. The van der Waals surface area contributed by atoms with Crippen LogP contribution in [0.1, 0.15) is 77.1 Å². The van der Waals surface area contributed by atoms with Crippen LogP contribution in [-0.4, -0.2) is 43.7 Å². The smallest absolute Gasteiger partial charge is 0.343 e. The van der Waals surface area contributed by atoms with E-state index in [1.165, 1.54) is 12.1 Å². The number of carbonyl (C=O) groups is 4. The highest BCUT2D eigenvalue weighted by atomic mass is 16.7. The van der Waals surface area contributed by atoms with Crippen LogP contribution < -0.4 is 18.9 Å². The molecular weight excluding hydrogens is 813 g/mol. The lowest BCUT2D eigenvalue weighted by molar-refractivity contribution is -0.159. The molecule has 0 bridgehead atoms. The van der Waals surface area contributed by atoms with E-state index in [1.54, 1.807) is 85.9 Å². The predicted molar refractivity (Wildman–Crippen MR) is 239 cm³/mol. The van der Waals surface area contributed by atoms with Gasteiger partial charge in [0.05, 0.1) is 40.6 Å². The number of rotatable bonds is 19. The molecule has 324 valence electrons. The summed E-state index contributed by atoms with van der Waals surface area (Å²) in [6.07, 6.45) is 2.39. The van der Waals surface area contributed by atoms with Gasteiger partial charge in [-0.15, -0.1) is 0 Å². The Morgan fingerprint density at radius 1 is 0.594 bits per heavy atom. The average Bonchev–Trinajstić information content (AvgIpc) is 3.33. The van der Waals surface area contributed by atoms with E-state index in [0.717, 1.165) is 22.3 Å². The molecule has 6 aromatic rings. The largest absolute Gasteiger partial charge is 0.457 e. The number of esters is 4. The summed E-state index contributed by atoms with van der Waals surface area (Å²) >= 11 is 0. The van der Waals surface area contributed by atoms with E-state index < -0.39 is 35.7 Å². The highest BCUT2D eigenvalue weighted by Gasteiger charge is 2.26. The minimum absolute atomic E-state index is 0.00902. The van der Waals surface area contributed by atoms with Gasteiger partial charge >= 0.3 is 23.9 Å². The molecule has 0 saturated carbocycles. The Labute approximate surface area is 371 Å². The van der Waals surface area contributed by atoms with Gasteiger partial charge in [0.1, 0.15) is 23.0 Å². The predicted octanol–water partition coefficient (Wildman–Crippen LogP) is 10.4. The lowest BCUT2D eigenvalue weighted by Crippen LogP contribution is -2.26. The lowest BCUT2D eigenvalue weighted by atomic mass is 9.94. The van der Waals surface area contributed by atoms with E-state index in [0.29, 0.717) is 46.1 Å². The lowest BCUT2D eigenvalue weighted by Gasteiger charge is -2.18. The van der Waals surface area contributed by atoms with Crippen LogP contribution in [0.4, 0.5) is 0 Å². The van der Waals surface area contributed by atoms with E-state index in [1.807, 2.05) is 80.6 Å². The second kappa shape index (κ2) is 22.7. The van der Waals surface area contributed by atoms with Crippen molar-refractivity contribution < 1.29 is 47.6 Å². The minimum atomic E-state index is -0.633. The Hall–Kier alpha value is -8.04. The molecule has 12 heteroatoms. The molecule has 3 atom stereocenters. The number of nitriles is 1. The van der Waals surface area contributed by atoms with E-state index in [-0.39, 0.29) is 26.0 Å². The molecule has 64 heavy (non-hydrogen) atoms. The fraction of sp³-hybridized carbons (Fsp3) is 0.192. The summed E-state index contributed by atoms with van der Waals surface area (Å²) in [6, 6.07) is 45.8. The Bertz CT molecular complexity index is 2550. The maximum absolute atomic E-state index is 12.9. The normalized spacial score (nSPS) is 12.2. The zero-order chi connectivity index (χ0) is 45.3. The zero-order valence-electron chi connectivity index (χ0n) is 35.5. The highest BCUT2D eigenvalue weighted by molar-refractivity contribution is 5.92. The molecule has 0 N–H and O–H groups in total. The summed E-state index contributed by atoms with van der Waals surface area (Å²) < 4.78 is 32.8. The molecule has 0 fully saturated rings. The van der Waals surface area contributed by atoms with Crippen LogP contribution in [0.2, 0.25) is 0 Å². The molecule has 0 aliphatic heterocycles. The van der Waals surface area contributed by atoms with E-state index >= 15 is 0 Å². The number of nitrogens with zero attached hydrogens (tertiary/aromatic N) is 2. The van der Waals surface area contributed by atoms with Gasteiger partial charge in [-0.2, -0.15) is 5.26 Å². The Morgan fingerprint density at radius 2 is 1.06 bits per heavy atom. The van der Waals surface area contributed by atoms with Crippen molar-refractivity contribution in [2.45, 2.75) is 39.7 Å². The van der Waals surface area contributed by atoms with Crippen LogP contribution in [0.15, 0.2) is 157 Å². The summed E-state index contributed by atoms with van der Waals surface area (Å²) in [5, 5.41) is 9.00. The standard InChI is InChI=1S/C52H46N2O10/c1-4-39(50(56)62-34-60-46-26-20-44(21-27-46)52(58)64-48-28-16-42(17-29-48)41-14-10-37(31-53)11-15-41)30-35(2)49(55)61-33-59-45-24-18-43(19-25-45)51(57)63-47-22-12-38(13-23-47)32-54-36(3)40-8-6-5-7-9-40/h5-29,32,35-36,39H,4,30,33-34H2,1-3H3. The van der Waals surface area contributed by atoms with Gasteiger partial charge in [0.2, 0.25) is 13.6 Å². The van der Waals surface area contributed by atoms with Crippen LogP contribution in [0.5, 0.6) is 23.0 Å². The van der Waals surface area contributed by atoms with Crippen molar-refractivity contribution >= 4 is 30.1 Å². The molecule has 0 aromatic heterocycles. The molecule has 0 saturated heterocycles. The van der Waals surface area contributed by atoms with Crippen molar-refractivity contribution in [2.24, 2.45) is 16.8 Å². The summed E-state index contributed by atoms with van der Waals surface area (Å²) in [5.41, 5.74) is 5.00. The van der Waals surface area contributed by atoms with Crippen molar-refractivity contribution in [3.05, 3.63) is 179 Å². The first kappa shape index (κ1) is 45.5. The number of aliphatic imine (C=N–C) groups is 1. The molecule has 6 aromatic carbocycles. The third-order valence-electron chi connectivity index (χ3n) is 10.1.